The van der Waals surface area contributed by atoms with Gasteiger partial charge in [0, 0.05) is 11.4 Å². The Labute approximate surface area is 168 Å². The summed E-state index contributed by atoms with van der Waals surface area (Å²) in [5, 5.41) is 11.7. The summed E-state index contributed by atoms with van der Waals surface area (Å²) < 4.78 is 5.89. The van der Waals surface area contributed by atoms with Crippen molar-refractivity contribution in [3.63, 3.8) is 0 Å². The maximum absolute atomic E-state index is 5.42. The van der Waals surface area contributed by atoms with E-state index < -0.39 is 0 Å². The van der Waals surface area contributed by atoms with Crippen LogP contribution in [0.25, 0.3) is 0 Å². The molecule has 3 aromatic carbocycles. The molecule has 1 N–H and O–H groups in total. The Balaban J connectivity index is 1.49. The summed E-state index contributed by atoms with van der Waals surface area (Å²) in [4.78, 5) is 0. The fourth-order valence-electron chi connectivity index (χ4n) is 2.25. The Hall–Kier alpha value is -2.70. The zero-order valence-electron chi connectivity index (χ0n) is 14.8. The van der Waals surface area contributed by atoms with E-state index in [1.807, 2.05) is 78.9 Å². The van der Waals surface area contributed by atoms with E-state index in [1.165, 1.54) is 5.56 Å². The molecule has 136 valence electrons. The Morgan fingerprint density at radius 2 is 1.52 bits per heavy atom. The van der Waals surface area contributed by atoms with Crippen LogP contribution in [0.15, 0.2) is 89.1 Å². The molecular weight excluding hydrogens is 374 g/mol. The molecule has 0 aliphatic rings. The molecule has 0 unspecified atom stereocenters. The number of anilines is 1. The highest BCUT2D eigenvalue weighted by atomic mass is 32.2. The number of nitrogens with one attached hydrogen (secondary N) is 1. The molecule has 0 spiro atoms. The predicted molar refractivity (Wildman–Crippen MR) is 118 cm³/mol. The number of rotatable bonds is 6. The molecule has 0 aromatic heterocycles. The zero-order valence-corrected chi connectivity index (χ0v) is 16.5. The van der Waals surface area contributed by atoms with Crippen LogP contribution in [0.3, 0.4) is 0 Å². The molecule has 0 atom stereocenters. The van der Waals surface area contributed by atoms with Gasteiger partial charge in [0.15, 0.2) is 0 Å². The molecule has 0 saturated heterocycles. The van der Waals surface area contributed by atoms with E-state index in [4.69, 9.17) is 17.0 Å². The molecule has 0 aliphatic heterocycles. The zero-order chi connectivity index (χ0) is 18.9. The Morgan fingerprint density at radius 3 is 2.15 bits per heavy atom. The van der Waals surface area contributed by atoms with E-state index in [0.29, 0.717) is 0 Å². The topological polar surface area (TPSA) is 46.0 Å². The Bertz CT molecular complexity index is 895. The molecule has 0 amide bonds. The third kappa shape index (κ3) is 6.20. The van der Waals surface area contributed by atoms with Gasteiger partial charge in [0.2, 0.25) is 0 Å². The number of hydrogen-bond donors (Lipinski definition) is 1. The lowest BCUT2D eigenvalue weighted by atomic mass is 10.2. The van der Waals surface area contributed by atoms with Crippen molar-refractivity contribution < 1.29 is 4.74 Å². The highest BCUT2D eigenvalue weighted by molar-refractivity contribution is 8.22. The molecule has 3 aromatic rings. The number of thioether (sulfide) groups is 1. The van der Waals surface area contributed by atoms with E-state index >= 15 is 0 Å². The second-order valence-electron chi connectivity index (χ2n) is 5.63. The lowest BCUT2D eigenvalue weighted by Crippen LogP contribution is -2.04. The first kappa shape index (κ1) is 19.1. The first-order valence-corrected chi connectivity index (χ1v) is 9.76. The molecule has 6 heteroatoms. The third-order valence-electron chi connectivity index (χ3n) is 3.68. The fraction of sp³-hybridized carbons (Fsp3) is 0.0952. The molecule has 0 saturated carbocycles. The summed E-state index contributed by atoms with van der Waals surface area (Å²) in [5.41, 5.74) is 3.75. The monoisotopic (exact) mass is 393 g/mol. The van der Waals surface area contributed by atoms with Crippen molar-refractivity contribution in [3.05, 3.63) is 84.4 Å². The van der Waals surface area contributed by atoms with Crippen LogP contribution in [0, 0.1) is 0 Å². The van der Waals surface area contributed by atoms with E-state index in [1.54, 1.807) is 18.9 Å². The minimum absolute atomic E-state index is 0.726. The van der Waals surface area contributed by atoms with Gasteiger partial charge in [0.25, 0.3) is 0 Å². The van der Waals surface area contributed by atoms with Crippen LogP contribution in [-0.2, 0) is 5.75 Å². The van der Waals surface area contributed by atoms with Crippen molar-refractivity contribution in [2.24, 2.45) is 10.2 Å². The molecule has 3 rings (SSSR count). The van der Waals surface area contributed by atoms with Crippen LogP contribution in [0.4, 0.5) is 17.1 Å². The predicted octanol–water partition coefficient (Wildman–Crippen LogP) is 6.74. The molecule has 0 fully saturated rings. The fourth-order valence-corrected chi connectivity index (χ4v) is 3.22. The molecular formula is C21H19N3OS2. The highest BCUT2D eigenvalue weighted by Crippen LogP contribution is 2.22. The maximum Gasteiger partial charge on any atom is 0.138 e. The molecule has 0 radical (unpaired) electrons. The SMILES string of the molecule is COc1ccc(CSC(=S)Nc2ccc(N=Nc3ccccc3)cc2)cc1. The van der Waals surface area contributed by atoms with Crippen molar-refractivity contribution in [2.45, 2.75) is 5.75 Å². The number of ether oxygens (including phenoxy) is 1. The summed E-state index contributed by atoms with van der Waals surface area (Å²) in [5.74, 6) is 1.66. The van der Waals surface area contributed by atoms with Gasteiger partial charge in [-0.15, -0.1) is 0 Å². The normalized spacial score (nSPS) is 10.7. The molecule has 4 nitrogen and oxygen atoms in total. The lowest BCUT2D eigenvalue weighted by molar-refractivity contribution is 0.414. The van der Waals surface area contributed by atoms with Crippen LogP contribution in [0.2, 0.25) is 0 Å². The van der Waals surface area contributed by atoms with Gasteiger partial charge in [-0.3, -0.25) is 0 Å². The van der Waals surface area contributed by atoms with Crippen LogP contribution >= 0.6 is 24.0 Å². The Kier molecular flexibility index (Phi) is 6.96. The third-order valence-corrected chi connectivity index (χ3v) is 4.98. The second-order valence-corrected chi connectivity index (χ2v) is 7.28. The van der Waals surface area contributed by atoms with Crippen LogP contribution in [0.5, 0.6) is 5.75 Å². The first-order chi connectivity index (χ1) is 13.2. The van der Waals surface area contributed by atoms with Crippen LogP contribution in [-0.4, -0.2) is 11.4 Å². The van der Waals surface area contributed by atoms with Crippen molar-refractivity contribution in [2.75, 3.05) is 12.4 Å². The van der Waals surface area contributed by atoms with Crippen LogP contribution < -0.4 is 10.1 Å². The number of azo groups is 1. The number of benzene rings is 3. The largest absolute Gasteiger partial charge is 0.497 e. The number of hydrogen-bond acceptors (Lipinski definition) is 5. The Morgan fingerprint density at radius 1 is 0.889 bits per heavy atom. The van der Waals surface area contributed by atoms with Gasteiger partial charge >= 0.3 is 0 Å². The van der Waals surface area contributed by atoms with E-state index in [0.717, 1.165) is 32.9 Å². The summed E-state index contributed by atoms with van der Waals surface area (Å²) in [6, 6.07) is 25.4. The highest BCUT2D eigenvalue weighted by Gasteiger charge is 2.01. The lowest BCUT2D eigenvalue weighted by Gasteiger charge is -2.08. The van der Waals surface area contributed by atoms with Gasteiger partial charge in [0.1, 0.15) is 10.1 Å². The van der Waals surface area contributed by atoms with Gasteiger partial charge in [0.05, 0.1) is 18.5 Å². The summed E-state index contributed by atoms with van der Waals surface area (Å²) in [6.07, 6.45) is 0. The molecule has 0 heterocycles. The molecule has 0 aliphatic carbocycles. The van der Waals surface area contributed by atoms with E-state index in [-0.39, 0.29) is 0 Å². The minimum atomic E-state index is 0.726. The standard InChI is InChI=1S/C21H19N3OS2/c1-25-20-13-7-16(8-14-20)15-27-21(26)22-17-9-11-19(12-10-17)24-23-18-5-3-2-4-6-18/h2-14H,15H2,1H3,(H,22,26). The maximum atomic E-state index is 5.42. The minimum Gasteiger partial charge on any atom is -0.497 e. The van der Waals surface area contributed by atoms with Crippen molar-refractivity contribution in [3.8, 4) is 5.75 Å². The van der Waals surface area contributed by atoms with Crippen molar-refractivity contribution >= 4 is 45.4 Å². The summed E-state index contributed by atoms with van der Waals surface area (Å²) in [6.45, 7) is 0. The van der Waals surface area contributed by atoms with Crippen LogP contribution in [0.1, 0.15) is 5.56 Å². The van der Waals surface area contributed by atoms with E-state index in [9.17, 15) is 0 Å². The number of nitrogens with zero attached hydrogens (tertiary/aromatic N) is 2. The molecule has 27 heavy (non-hydrogen) atoms. The van der Waals surface area contributed by atoms with Crippen molar-refractivity contribution in [1.82, 2.24) is 0 Å². The summed E-state index contributed by atoms with van der Waals surface area (Å²) >= 11 is 7.00. The smallest absolute Gasteiger partial charge is 0.138 e. The number of methoxy groups -OCH3 is 1. The van der Waals surface area contributed by atoms with Gasteiger partial charge in [-0.25, -0.2) is 0 Å². The van der Waals surface area contributed by atoms with Gasteiger partial charge in [-0.2, -0.15) is 10.2 Å². The van der Waals surface area contributed by atoms with Gasteiger partial charge < -0.3 is 10.1 Å². The quantitative estimate of drug-likeness (QED) is 0.372. The first-order valence-electron chi connectivity index (χ1n) is 8.36. The molecule has 0 bridgehead atoms. The number of thiocarbonyl (C=S) groups is 1. The second kappa shape index (κ2) is 9.85. The summed E-state index contributed by atoms with van der Waals surface area (Å²) in [7, 11) is 1.66. The van der Waals surface area contributed by atoms with Crippen molar-refractivity contribution in [1.29, 1.82) is 0 Å². The van der Waals surface area contributed by atoms with E-state index in [2.05, 4.69) is 15.5 Å². The van der Waals surface area contributed by atoms with Gasteiger partial charge in [-0.1, -0.05) is 54.3 Å². The average Bonchev–Trinajstić information content (AvgIpc) is 2.73. The average molecular weight is 394 g/mol. The van der Waals surface area contributed by atoms with Gasteiger partial charge in [-0.05, 0) is 54.1 Å².